The molecule has 0 saturated heterocycles. The second kappa shape index (κ2) is 6.17. The van der Waals surface area contributed by atoms with Crippen molar-refractivity contribution in [3.8, 4) is 5.75 Å². The van der Waals surface area contributed by atoms with Gasteiger partial charge in [-0.2, -0.15) is 0 Å². The lowest BCUT2D eigenvalue weighted by atomic mass is 10.1. The van der Waals surface area contributed by atoms with Crippen LogP contribution >= 0.6 is 0 Å². The smallest absolute Gasteiger partial charge is 0.253 e. The number of anilines is 3. The molecule has 3 N–H and O–H groups in total. The van der Waals surface area contributed by atoms with E-state index in [0.717, 1.165) is 17.1 Å². The van der Waals surface area contributed by atoms with Crippen LogP contribution in [0.15, 0.2) is 42.5 Å². The number of hydrogen-bond donors (Lipinski definition) is 2. The van der Waals surface area contributed by atoms with Gasteiger partial charge < -0.3 is 20.7 Å². The highest BCUT2D eigenvalue weighted by Gasteiger charge is 2.17. The minimum Gasteiger partial charge on any atom is -0.495 e. The molecular weight excluding hydrogens is 266 g/mol. The average Bonchev–Trinajstić information content (AvgIpc) is 2.53. The summed E-state index contributed by atoms with van der Waals surface area (Å²) in [7, 11) is 5.09. The van der Waals surface area contributed by atoms with Crippen molar-refractivity contribution in [2.45, 2.75) is 0 Å². The Morgan fingerprint density at radius 2 is 1.90 bits per heavy atom. The molecule has 5 heteroatoms. The highest BCUT2D eigenvalue weighted by Crippen LogP contribution is 2.34. The number of nitrogen functional groups attached to an aromatic ring is 1. The maximum atomic E-state index is 12.0. The number of ether oxygens (including phenoxy) is 1. The molecule has 0 aliphatic rings. The molecular formula is C16H19N3O2. The van der Waals surface area contributed by atoms with Crippen molar-refractivity contribution >= 4 is 23.0 Å². The van der Waals surface area contributed by atoms with Gasteiger partial charge in [-0.15, -0.1) is 0 Å². The van der Waals surface area contributed by atoms with Crippen LogP contribution in [0.2, 0.25) is 0 Å². The first kappa shape index (κ1) is 14.7. The third-order valence-corrected chi connectivity index (χ3v) is 3.30. The van der Waals surface area contributed by atoms with Crippen molar-refractivity contribution in [2.75, 3.05) is 31.8 Å². The fourth-order valence-electron chi connectivity index (χ4n) is 2.19. The number of methoxy groups -OCH3 is 1. The van der Waals surface area contributed by atoms with E-state index in [1.54, 1.807) is 32.4 Å². The molecule has 0 unspecified atom stereocenters. The van der Waals surface area contributed by atoms with Gasteiger partial charge in [0.05, 0.1) is 24.0 Å². The van der Waals surface area contributed by atoms with E-state index in [0.29, 0.717) is 11.3 Å². The van der Waals surface area contributed by atoms with Crippen molar-refractivity contribution < 1.29 is 9.53 Å². The van der Waals surface area contributed by atoms with Crippen LogP contribution in [-0.2, 0) is 0 Å². The zero-order chi connectivity index (χ0) is 15.4. The Morgan fingerprint density at radius 1 is 1.19 bits per heavy atom. The van der Waals surface area contributed by atoms with Crippen LogP contribution < -0.4 is 20.7 Å². The van der Waals surface area contributed by atoms with Gasteiger partial charge in [0.2, 0.25) is 0 Å². The van der Waals surface area contributed by atoms with Crippen LogP contribution in [0.5, 0.6) is 5.75 Å². The molecule has 2 aromatic rings. The van der Waals surface area contributed by atoms with Gasteiger partial charge in [0.15, 0.2) is 0 Å². The van der Waals surface area contributed by atoms with Gasteiger partial charge in [0.1, 0.15) is 5.75 Å². The van der Waals surface area contributed by atoms with Gasteiger partial charge in [-0.1, -0.05) is 12.1 Å². The van der Waals surface area contributed by atoms with E-state index in [9.17, 15) is 4.79 Å². The molecule has 110 valence electrons. The van der Waals surface area contributed by atoms with E-state index in [-0.39, 0.29) is 5.91 Å². The summed E-state index contributed by atoms with van der Waals surface area (Å²) in [6.07, 6.45) is 0. The summed E-state index contributed by atoms with van der Waals surface area (Å²) in [5.74, 6) is 0.567. The second-order valence-electron chi connectivity index (χ2n) is 4.59. The van der Waals surface area contributed by atoms with E-state index < -0.39 is 0 Å². The predicted molar refractivity (Wildman–Crippen MR) is 85.3 cm³/mol. The number of nitrogens with two attached hydrogens (primary N) is 1. The number of nitrogens with zero attached hydrogens (tertiary/aromatic N) is 1. The Labute approximate surface area is 124 Å². The van der Waals surface area contributed by atoms with Gasteiger partial charge >= 0.3 is 0 Å². The molecule has 2 rings (SSSR count). The molecule has 0 fully saturated rings. The summed E-state index contributed by atoms with van der Waals surface area (Å²) in [5, 5.41) is 2.64. The van der Waals surface area contributed by atoms with Crippen molar-refractivity contribution in [2.24, 2.45) is 0 Å². The van der Waals surface area contributed by atoms with Gasteiger partial charge in [-0.05, 0) is 30.3 Å². The summed E-state index contributed by atoms with van der Waals surface area (Å²) in [4.78, 5) is 13.9. The van der Waals surface area contributed by atoms with Crippen molar-refractivity contribution in [3.05, 3.63) is 48.0 Å². The lowest BCUT2D eigenvalue weighted by Gasteiger charge is -2.24. The molecule has 2 aromatic carbocycles. The highest BCUT2D eigenvalue weighted by molar-refractivity contribution is 6.01. The number of hydrogen-bond acceptors (Lipinski definition) is 4. The predicted octanol–water partition coefficient (Wildman–Crippen LogP) is 2.40. The zero-order valence-corrected chi connectivity index (χ0v) is 12.4. The van der Waals surface area contributed by atoms with Crippen LogP contribution in [0.1, 0.15) is 10.4 Å². The minimum absolute atomic E-state index is 0.160. The van der Waals surface area contributed by atoms with E-state index in [1.165, 1.54) is 0 Å². The third kappa shape index (κ3) is 2.91. The summed E-state index contributed by atoms with van der Waals surface area (Å²) in [5.41, 5.74) is 8.60. The lowest BCUT2D eigenvalue weighted by Crippen LogP contribution is -2.22. The zero-order valence-electron chi connectivity index (χ0n) is 12.4. The average molecular weight is 285 g/mol. The Balaban J connectivity index is 2.54. The molecule has 0 radical (unpaired) electrons. The summed E-state index contributed by atoms with van der Waals surface area (Å²) in [6, 6.07) is 12.8. The van der Waals surface area contributed by atoms with Gasteiger partial charge in [-0.25, -0.2) is 0 Å². The maximum absolute atomic E-state index is 12.0. The van der Waals surface area contributed by atoms with Crippen LogP contribution in [0.25, 0.3) is 0 Å². The number of para-hydroxylation sites is 2. The van der Waals surface area contributed by atoms with Crippen molar-refractivity contribution in [3.63, 3.8) is 0 Å². The topological polar surface area (TPSA) is 67.6 Å². The largest absolute Gasteiger partial charge is 0.495 e. The number of rotatable bonds is 4. The first-order valence-corrected chi connectivity index (χ1v) is 6.56. The number of nitrogens with one attached hydrogen (secondary N) is 1. The molecule has 21 heavy (non-hydrogen) atoms. The first-order chi connectivity index (χ1) is 10.1. The van der Waals surface area contributed by atoms with Crippen LogP contribution in [-0.4, -0.2) is 27.1 Å². The highest BCUT2D eigenvalue weighted by atomic mass is 16.5. The quantitative estimate of drug-likeness (QED) is 0.847. The summed E-state index contributed by atoms with van der Waals surface area (Å²) in [6.45, 7) is 0. The van der Waals surface area contributed by atoms with E-state index in [4.69, 9.17) is 10.5 Å². The van der Waals surface area contributed by atoms with Crippen molar-refractivity contribution in [1.29, 1.82) is 0 Å². The molecule has 0 aromatic heterocycles. The Morgan fingerprint density at radius 3 is 2.57 bits per heavy atom. The van der Waals surface area contributed by atoms with Gasteiger partial charge in [0, 0.05) is 19.8 Å². The Bertz CT molecular complexity index is 656. The molecule has 0 heterocycles. The molecule has 0 aliphatic carbocycles. The standard InChI is InChI=1S/C16H19N3O2/c1-18-16(20)12-9-8-11(17)10-14(12)19(2)13-6-4-5-7-15(13)21-3/h4-10H,17H2,1-3H3,(H,18,20). The first-order valence-electron chi connectivity index (χ1n) is 6.56. The fourth-order valence-corrected chi connectivity index (χ4v) is 2.19. The minimum atomic E-state index is -0.160. The molecule has 0 saturated carbocycles. The monoisotopic (exact) mass is 285 g/mol. The van der Waals surface area contributed by atoms with Crippen LogP contribution in [0, 0.1) is 0 Å². The molecule has 0 bridgehead atoms. The third-order valence-electron chi connectivity index (χ3n) is 3.30. The normalized spacial score (nSPS) is 10.0. The second-order valence-corrected chi connectivity index (χ2v) is 4.59. The Hall–Kier alpha value is -2.69. The molecule has 5 nitrogen and oxygen atoms in total. The number of amides is 1. The van der Waals surface area contributed by atoms with E-state index in [2.05, 4.69) is 5.32 Å². The van der Waals surface area contributed by atoms with E-state index in [1.807, 2.05) is 36.2 Å². The van der Waals surface area contributed by atoms with E-state index >= 15 is 0 Å². The molecule has 1 amide bonds. The fraction of sp³-hybridized carbons (Fsp3) is 0.188. The molecule has 0 spiro atoms. The summed E-state index contributed by atoms with van der Waals surface area (Å²) < 4.78 is 5.37. The van der Waals surface area contributed by atoms with Crippen LogP contribution in [0.4, 0.5) is 17.1 Å². The number of benzene rings is 2. The van der Waals surface area contributed by atoms with Gasteiger partial charge in [0.25, 0.3) is 5.91 Å². The molecule has 0 aliphatic heterocycles. The number of carbonyl (C=O) groups excluding carboxylic acids is 1. The Kier molecular flexibility index (Phi) is 4.33. The number of carbonyl (C=O) groups is 1. The maximum Gasteiger partial charge on any atom is 0.253 e. The summed E-state index contributed by atoms with van der Waals surface area (Å²) >= 11 is 0. The van der Waals surface area contributed by atoms with Gasteiger partial charge in [-0.3, -0.25) is 4.79 Å². The SMILES string of the molecule is CNC(=O)c1ccc(N)cc1N(C)c1ccccc1OC. The molecule has 0 atom stereocenters. The van der Waals surface area contributed by atoms with Crippen LogP contribution in [0.3, 0.4) is 0 Å². The lowest BCUT2D eigenvalue weighted by molar-refractivity contribution is 0.0963. The van der Waals surface area contributed by atoms with Crippen molar-refractivity contribution in [1.82, 2.24) is 5.32 Å².